The van der Waals surface area contributed by atoms with Crippen LogP contribution in [0.5, 0.6) is 0 Å². The highest BCUT2D eigenvalue weighted by atomic mass is 32.2. The molecule has 0 aliphatic carbocycles. The summed E-state index contributed by atoms with van der Waals surface area (Å²) in [5.74, 6) is 0. The lowest BCUT2D eigenvalue weighted by Gasteiger charge is -2.14. The minimum Gasteiger partial charge on any atom is -0.279 e. The van der Waals surface area contributed by atoms with Crippen LogP contribution in [-0.4, -0.2) is 13.4 Å². The Hall–Kier alpha value is -2.92. The van der Waals surface area contributed by atoms with Crippen molar-refractivity contribution in [3.8, 4) is 0 Å². The molecule has 0 saturated carbocycles. The summed E-state index contributed by atoms with van der Waals surface area (Å²) in [5.41, 5.74) is 3.86. The Bertz CT molecular complexity index is 1290. The molecule has 0 amide bonds. The second-order valence-electron chi connectivity index (χ2n) is 6.87. The summed E-state index contributed by atoms with van der Waals surface area (Å²) in [6.07, 6.45) is 0. The number of nitrogens with one attached hydrogen (secondary N) is 1. The van der Waals surface area contributed by atoms with E-state index in [0.717, 1.165) is 38.5 Å². The highest BCUT2D eigenvalue weighted by Gasteiger charge is 2.19. The first-order valence-electron chi connectivity index (χ1n) is 8.74. The van der Waals surface area contributed by atoms with Gasteiger partial charge in [-0.25, -0.2) is 8.42 Å². The summed E-state index contributed by atoms with van der Waals surface area (Å²) >= 11 is 0. The molecule has 1 aromatic heterocycles. The van der Waals surface area contributed by atoms with Crippen LogP contribution in [0, 0.1) is 20.8 Å². The van der Waals surface area contributed by atoms with Crippen LogP contribution in [0.3, 0.4) is 0 Å². The molecule has 0 saturated heterocycles. The van der Waals surface area contributed by atoms with Gasteiger partial charge in [0.25, 0.3) is 10.0 Å². The Labute approximate surface area is 158 Å². The molecule has 1 N–H and O–H groups in total. The zero-order valence-electron chi connectivity index (χ0n) is 15.4. The summed E-state index contributed by atoms with van der Waals surface area (Å²) in [4.78, 5) is 4.95. The minimum atomic E-state index is -3.70. The monoisotopic (exact) mass is 376 g/mol. The molecule has 0 aliphatic heterocycles. The van der Waals surface area contributed by atoms with Gasteiger partial charge in [0.05, 0.1) is 16.1 Å². The molecule has 4 aromatic rings. The maximum Gasteiger partial charge on any atom is 0.262 e. The van der Waals surface area contributed by atoms with E-state index in [2.05, 4.69) is 9.71 Å². The van der Waals surface area contributed by atoms with Gasteiger partial charge in [-0.1, -0.05) is 54.1 Å². The Kier molecular flexibility index (Phi) is 4.12. The molecule has 3 aromatic carbocycles. The molecule has 0 unspecified atom stereocenters. The number of aryl methyl sites for hydroxylation is 3. The van der Waals surface area contributed by atoms with Gasteiger partial charge in [0.15, 0.2) is 0 Å². The third-order valence-electron chi connectivity index (χ3n) is 4.70. The molecule has 0 radical (unpaired) electrons. The molecule has 1 heterocycles. The van der Waals surface area contributed by atoms with Crippen molar-refractivity contribution in [3.63, 3.8) is 0 Å². The van der Waals surface area contributed by atoms with Crippen LogP contribution < -0.4 is 4.72 Å². The van der Waals surface area contributed by atoms with Crippen LogP contribution in [0.1, 0.15) is 16.8 Å². The topological polar surface area (TPSA) is 59.1 Å². The second-order valence-corrected chi connectivity index (χ2v) is 8.52. The number of sulfonamides is 1. The number of aromatic nitrogens is 1. The fraction of sp³-hybridized carbons (Fsp3) is 0.136. The van der Waals surface area contributed by atoms with Crippen LogP contribution in [0.4, 0.5) is 5.69 Å². The maximum atomic E-state index is 13.0. The first-order chi connectivity index (χ1) is 12.8. The van der Waals surface area contributed by atoms with Crippen molar-refractivity contribution in [2.45, 2.75) is 25.7 Å². The van der Waals surface area contributed by atoms with Crippen LogP contribution in [-0.2, 0) is 10.0 Å². The number of rotatable bonds is 3. The minimum absolute atomic E-state index is 0.288. The van der Waals surface area contributed by atoms with E-state index in [1.54, 1.807) is 12.1 Å². The summed E-state index contributed by atoms with van der Waals surface area (Å²) < 4.78 is 28.8. The molecule has 4 rings (SSSR count). The van der Waals surface area contributed by atoms with Crippen LogP contribution in [0.15, 0.2) is 65.6 Å². The average molecular weight is 376 g/mol. The Morgan fingerprint density at radius 1 is 0.852 bits per heavy atom. The summed E-state index contributed by atoms with van der Waals surface area (Å²) in [5, 5.41) is 2.87. The zero-order chi connectivity index (χ0) is 19.2. The predicted octanol–water partition coefficient (Wildman–Crippen LogP) is 5.11. The molecule has 0 bridgehead atoms. The SMILES string of the molecule is Cc1ccc(S(=O)(=O)Nc2cc(C)nc3c2ccc2ccccc23)c(C)c1. The van der Waals surface area contributed by atoms with Crippen molar-refractivity contribution in [3.05, 3.63) is 77.5 Å². The molecule has 0 spiro atoms. The van der Waals surface area contributed by atoms with Gasteiger partial charge in [-0.05, 0) is 43.9 Å². The third kappa shape index (κ3) is 3.15. The number of pyridine rings is 1. The fourth-order valence-electron chi connectivity index (χ4n) is 3.47. The Balaban J connectivity index is 1.90. The van der Waals surface area contributed by atoms with E-state index < -0.39 is 10.0 Å². The summed E-state index contributed by atoms with van der Waals surface area (Å²) in [6, 6.07) is 19.0. The molecule has 4 nitrogen and oxygen atoms in total. The first-order valence-corrected chi connectivity index (χ1v) is 10.2. The second kappa shape index (κ2) is 6.35. The van der Waals surface area contributed by atoms with Crippen molar-refractivity contribution < 1.29 is 8.42 Å². The largest absolute Gasteiger partial charge is 0.279 e. The Morgan fingerprint density at radius 2 is 1.63 bits per heavy atom. The molecule has 0 atom stereocenters. The predicted molar refractivity (Wildman–Crippen MR) is 111 cm³/mol. The highest BCUT2D eigenvalue weighted by molar-refractivity contribution is 7.92. The molecule has 0 fully saturated rings. The van der Waals surface area contributed by atoms with Gasteiger partial charge in [-0.2, -0.15) is 0 Å². The van der Waals surface area contributed by atoms with E-state index in [-0.39, 0.29) is 4.90 Å². The van der Waals surface area contributed by atoms with Gasteiger partial charge in [0, 0.05) is 16.5 Å². The highest BCUT2D eigenvalue weighted by Crippen LogP contribution is 2.31. The van der Waals surface area contributed by atoms with Gasteiger partial charge >= 0.3 is 0 Å². The molecular formula is C22H20N2O2S. The number of fused-ring (bicyclic) bond motifs is 3. The average Bonchev–Trinajstić information content (AvgIpc) is 2.60. The van der Waals surface area contributed by atoms with E-state index >= 15 is 0 Å². The lowest BCUT2D eigenvalue weighted by molar-refractivity contribution is 0.600. The molecule has 0 aliphatic rings. The third-order valence-corrected chi connectivity index (χ3v) is 6.22. The van der Waals surface area contributed by atoms with Crippen molar-refractivity contribution in [2.24, 2.45) is 0 Å². The smallest absolute Gasteiger partial charge is 0.262 e. The van der Waals surface area contributed by atoms with E-state index in [1.165, 1.54) is 0 Å². The maximum absolute atomic E-state index is 13.0. The molecule has 5 heteroatoms. The van der Waals surface area contributed by atoms with Crippen molar-refractivity contribution >= 4 is 37.4 Å². The quantitative estimate of drug-likeness (QED) is 0.505. The number of hydrogen-bond acceptors (Lipinski definition) is 3. The fourth-order valence-corrected chi connectivity index (χ4v) is 4.77. The number of nitrogens with zero attached hydrogens (tertiary/aromatic N) is 1. The van der Waals surface area contributed by atoms with Crippen molar-refractivity contribution in [1.82, 2.24) is 4.98 Å². The van der Waals surface area contributed by atoms with E-state index in [0.29, 0.717) is 5.69 Å². The zero-order valence-corrected chi connectivity index (χ0v) is 16.3. The number of anilines is 1. The lowest BCUT2D eigenvalue weighted by Crippen LogP contribution is -2.15. The van der Waals surface area contributed by atoms with E-state index in [9.17, 15) is 8.42 Å². The van der Waals surface area contributed by atoms with Crippen LogP contribution in [0.25, 0.3) is 21.7 Å². The Morgan fingerprint density at radius 3 is 2.41 bits per heavy atom. The van der Waals surface area contributed by atoms with E-state index in [1.807, 2.05) is 69.3 Å². The molecule has 136 valence electrons. The van der Waals surface area contributed by atoms with Crippen molar-refractivity contribution in [1.29, 1.82) is 0 Å². The normalized spacial score (nSPS) is 11.8. The van der Waals surface area contributed by atoms with Gasteiger partial charge in [0.1, 0.15) is 0 Å². The summed E-state index contributed by atoms with van der Waals surface area (Å²) in [6.45, 7) is 5.63. The molecular weight excluding hydrogens is 356 g/mol. The summed E-state index contributed by atoms with van der Waals surface area (Å²) in [7, 11) is -3.70. The van der Waals surface area contributed by atoms with Gasteiger partial charge in [-0.15, -0.1) is 0 Å². The number of hydrogen-bond donors (Lipinski definition) is 1. The van der Waals surface area contributed by atoms with Gasteiger partial charge < -0.3 is 0 Å². The van der Waals surface area contributed by atoms with E-state index in [4.69, 9.17) is 0 Å². The van der Waals surface area contributed by atoms with Gasteiger partial charge in [0.2, 0.25) is 0 Å². The number of benzene rings is 3. The molecule has 27 heavy (non-hydrogen) atoms. The first kappa shape index (κ1) is 17.5. The van der Waals surface area contributed by atoms with Crippen molar-refractivity contribution in [2.75, 3.05) is 4.72 Å². The van der Waals surface area contributed by atoms with Crippen LogP contribution >= 0.6 is 0 Å². The lowest BCUT2D eigenvalue weighted by atomic mass is 10.0. The van der Waals surface area contributed by atoms with Gasteiger partial charge in [-0.3, -0.25) is 9.71 Å². The van der Waals surface area contributed by atoms with Crippen LogP contribution in [0.2, 0.25) is 0 Å². The standard InChI is InChI=1S/C22H20N2O2S/c1-14-8-11-21(15(2)12-14)27(25,26)24-20-13-16(3)23-22-18-7-5-4-6-17(18)9-10-19(20)22/h4-13H,1-3H3,(H,23,24).